The van der Waals surface area contributed by atoms with Gasteiger partial charge in [0.2, 0.25) is 0 Å². The van der Waals surface area contributed by atoms with Gasteiger partial charge in [0.1, 0.15) is 0 Å². The van der Waals surface area contributed by atoms with Gasteiger partial charge in [-0.2, -0.15) is 0 Å². The number of nitrogens with zero attached hydrogens (tertiary/aromatic N) is 2. The number of rotatable bonds is 1. The fourth-order valence-electron chi connectivity index (χ4n) is 1.53. The van der Waals surface area contributed by atoms with E-state index in [-0.39, 0.29) is 0 Å². The fraction of sp³-hybridized carbons (Fsp3) is 0.545. The molecule has 2 nitrogen and oxygen atoms in total. The van der Waals surface area contributed by atoms with Gasteiger partial charge in [-0.05, 0) is 19.3 Å². The second kappa shape index (κ2) is 5.57. The van der Waals surface area contributed by atoms with Gasteiger partial charge < -0.3 is 4.57 Å². The summed E-state index contributed by atoms with van der Waals surface area (Å²) in [5.74, 6) is 0. The van der Waals surface area contributed by atoms with Crippen LogP contribution < -0.4 is 0 Å². The van der Waals surface area contributed by atoms with Gasteiger partial charge in [0.15, 0.2) is 0 Å². The zero-order valence-electron chi connectivity index (χ0n) is 8.48. The van der Waals surface area contributed by atoms with Crippen LogP contribution in [0.1, 0.15) is 39.2 Å². The van der Waals surface area contributed by atoms with Crippen molar-refractivity contribution >= 4 is 0 Å². The molecule has 13 heavy (non-hydrogen) atoms. The van der Waals surface area contributed by atoms with Crippen LogP contribution in [-0.4, -0.2) is 9.55 Å². The maximum atomic E-state index is 4.04. The minimum Gasteiger partial charge on any atom is -0.334 e. The summed E-state index contributed by atoms with van der Waals surface area (Å²) in [4.78, 5) is 4.04. The zero-order chi connectivity index (χ0) is 9.52. The van der Waals surface area contributed by atoms with Crippen molar-refractivity contribution in [3.63, 3.8) is 0 Å². The standard InChI is InChI=1S/C9H12N2.C2H6/c1-2-4-9(5-3-1)11-7-6-10-8-11;1-2/h1-2,6-9H,3-5H2;1-2H3. The SMILES string of the molecule is C1=CCC(n2ccnc2)CC1.CC. The van der Waals surface area contributed by atoms with E-state index < -0.39 is 0 Å². The highest BCUT2D eigenvalue weighted by Gasteiger charge is 2.09. The van der Waals surface area contributed by atoms with E-state index in [0.717, 1.165) is 6.42 Å². The molecule has 0 fully saturated rings. The fourth-order valence-corrected chi connectivity index (χ4v) is 1.53. The lowest BCUT2D eigenvalue weighted by Gasteiger charge is -2.18. The van der Waals surface area contributed by atoms with Crippen LogP contribution >= 0.6 is 0 Å². The smallest absolute Gasteiger partial charge is 0.0948 e. The van der Waals surface area contributed by atoms with E-state index in [1.54, 1.807) is 0 Å². The van der Waals surface area contributed by atoms with Crippen molar-refractivity contribution in [2.45, 2.75) is 39.2 Å². The molecule has 2 rings (SSSR count). The van der Waals surface area contributed by atoms with E-state index >= 15 is 0 Å². The highest BCUT2D eigenvalue weighted by atomic mass is 15.0. The van der Waals surface area contributed by atoms with Crippen LogP contribution in [0.5, 0.6) is 0 Å². The summed E-state index contributed by atoms with van der Waals surface area (Å²) in [6, 6.07) is 0.655. The second-order valence-corrected chi connectivity index (χ2v) is 2.95. The molecular formula is C11H18N2. The lowest BCUT2D eigenvalue weighted by molar-refractivity contribution is 0.460. The minimum atomic E-state index is 0.655. The summed E-state index contributed by atoms with van der Waals surface area (Å²) in [5.41, 5.74) is 0. The molecule has 0 radical (unpaired) electrons. The summed E-state index contributed by atoms with van der Waals surface area (Å²) in [6.45, 7) is 4.00. The summed E-state index contributed by atoms with van der Waals surface area (Å²) in [7, 11) is 0. The van der Waals surface area contributed by atoms with E-state index in [1.165, 1.54) is 12.8 Å². The molecular weight excluding hydrogens is 160 g/mol. The van der Waals surface area contributed by atoms with E-state index in [9.17, 15) is 0 Å². The summed E-state index contributed by atoms with van der Waals surface area (Å²) in [6.07, 6.45) is 13.9. The molecule has 0 aromatic carbocycles. The Kier molecular flexibility index (Phi) is 4.30. The van der Waals surface area contributed by atoms with Crippen LogP contribution in [0.3, 0.4) is 0 Å². The molecule has 1 heterocycles. The topological polar surface area (TPSA) is 17.8 Å². The first-order valence-electron chi connectivity index (χ1n) is 5.09. The van der Waals surface area contributed by atoms with Crippen LogP contribution in [0, 0.1) is 0 Å². The van der Waals surface area contributed by atoms with Crippen molar-refractivity contribution in [3.05, 3.63) is 30.9 Å². The Balaban J connectivity index is 0.000000396. The van der Waals surface area contributed by atoms with Gasteiger partial charge in [-0.1, -0.05) is 26.0 Å². The first-order chi connectivity index (χ1) is 6.47. The number of hydrogen-bond acceptors (Lipinski definition) is 1. The van der Waals surface area contributed by atoms with Crippen molar-refractivity contribution < 1.29 is 0 Å². The first kappa shape index (κ1) is 10.0. The van der Waals surface area contributed by atoms with Crippen molar-refractivity contribution in [2.75, 3.05) is 0 Å². The van der Waals surface area contributed by atoms with Gasteiger partial charge in [-0.3, -0.25) is 0 Å². The molecule has 1 aromatic heterocycles. The maximum Gasteiger partial charge on any atom is 0.0948 e. The Morgan fingerprint density at radius 1 is 1.31 bits per heavy atom. The third-order valence-electron chi connectivity index (χ3n) is 2.19. The molecule has 0 spiro atoms. The van der Waals surface area contributed by atoms with Gasteiger partial charge in [0, 0.05) is 18.4 Å². The molecule has 0 aliphatic heterocycles. The van der Waals surface area contributed by atoms with Crippen LogP contribution in [0.2, 0.25) is 0 Å². The van der Waals surface area contributed by atoms with E-state index in [1.807, 2.05) is 32.6 Å². The molecule has 1 aliphatic rings. The van der Waals surface area contributed by atoms with Crippen LogP contribution in [0.4, 0.5) is 0 Å². The highest BCUT2D eigenvalue weighted by Crippen LogP contribution is 2.22. The van der Waals surface area contributed by atoms with E-state index in [4.69, 9.17) is 0 Å². The number of aromatic nitrogens is 2. The molecule has 1 unspecified atom stereocenters. The third kappa shape index (κ3) is 2.72. The van der Waals surface area contributed by atoms with Gasteiger partial charge in [-0.15, -0.1) is 0 Å². The number of imidazole rings is 1. The van der Waals surface area contributed by atoms with Gasteiger partial charge in [0.05, 0.1) is 6.33 Å². The molecule has 1 aromatic rings. The quantitative estimate of drug-likeness (QED) is 0.604. The summed E-state index contributed by atoms with van der Waals surface area (Å²) in [5, 5.41) is 0. The Bertz CT molecular complexity index is 237. The molecule has 2 heteroatoms. The highest BCUT2D eigenvalue weighted by molar-refractivity contribution is 4.94. The Morgan fingerprint density at radius 2 is 2.15 bits per heavy atom. The molecule has 0 saturated carbocycles. The van der Waals surface area contributed by atoms with Crippen molar-refractivity contribution in [2.24, 2.45) is 0 Å². The number of allylic oxidation sites excluding steroid dienone is 2. The monoisotopic (exact) mass is 178 g/mol. The average Bonchev–Trinajstić information content (AvgIpc) is 2.75. The minimum absolute atomic E-state index is 0.655. The van der Waals surface area contributed by atoms with E-state index in [2.05, 4.69) is 21.7 Å². The lowest BCUT2D eigenvalue weighted by Crippen LogP contribution is -2.07. The predicted molar refractivity (Wildman–Crippen MR) is 55.6 cm³/mol. The van der Waals surface area contributed by atoms with Gasteiger partial charge in [-0.25, -0.2) is 4.98 Å². The van der Waals surface area contributed by atoms with Gasteiger partial charge >= 0.3 is 0 Å². The van der Waals surface area contributed by atoms with Crippen molar-refractivity contribution in [1.82, 2.24) is 9.55 Å². The molecule has 0 bridgehead atoms. The lowest BCUT2D eigenvalue weighted by atomic mass is 10.0. The van der Waals surface area contributed by atoms with Gasteiger partial charge in [0.25, 0.3) is 0 Å². The Labute approximate surface area is 80.3 Å². The normalized spacial score (nSPS) is 20.6. The number of hydrogen-bond donors (Lipinski definition) is 0. The average molecular weight is 178 g/mol. The largest absolute Gasteiger partial charge is 0.334 e. The molecule has 0 saturated heterocycles. The third-order valence-corrected chi connectivity index (χ3v) is 2.19. The molecule has 72 valence electrons. The second-order valence-electron chi connectivity index (χ2n) is 2.95. The Hall–Kier alpha value is -1.05. The predicted octanol–water partition coefficient (Wildman–Crippen LogP) is 3.19. The van der Waals surface area contributed by atoms with Crippen molar-refractivity contribution in [1.29, 1.82) is 0 Å². The Morgan fingerprint density at radius 3 is 2.69 bits per heavy atom. The first-order valence-corrected chi connectivity index (χ1v) is 5.09. The zero-order valence-corrected chi connectivity index (χ0v) is 8.48. The van der Waals surface area contributed by atoms with Crippen LogP contribution in [-0.2, 0) is 0 Å². The molecule has 0 N–H and O–H groups in total. The molecule has 1 aliphatic carbocycles. The summed E-state index contributed by atoms with van der Waals surface area (Å²) >= 11 is 0. The van der Waals surface area contributed by atoms with Crippen LogP contribution in [0.25, 0.3) is 0 Å². The summed E-state index contributed by atoms with van der Waals surface area (Å²) < 4.78 is 2.20. The molecule has 1 atom stereocenters. The van der Waals surface area contributed by atoms with Crippen molar-refractivity contribution in [3.8, 4) is 0 Å². The maximum absolute atomic E-state index is 4.04. The van der Waals surface area contributed by atoms with E-state index in [0.29, 0.717) is 6.04 Å². The van der Waals surface area contributed by atoms with Crippen LogP contribution in [0.15, 0.2) is 30.9 Å². The molecule has 0 amide bonds.